The summed E-state index contributed by atoms with van der Waals surface area (Å²) in [4.78, 5) is 1.85. The number of unbranched alkanes of at least 4 members (excludes halogenated alkanes) is 20. The van der Waals surface area contributed by atoms with Crippen molar-refractivity contribution in [2.45, 2.75) is 193 Å². The van der Waals surface area contributed by atoms with Crippen molar-refractivity contribution in [2.24, 2.45) is 0 Å². The van der Waals surface area contributed by atoms with Gasteiger partial charge in [0.2, 0.25) is 0 Å². The van der Waals surface area contributed by atoms with Crippen LogP contribution in [0.1, 0.15) is 215 Å². The van der Waals surface area contributed by atoms with Crippen LogP contribution in [0.5, 0.6) is 23.0 Å². The highest BCUT2D eigenvalue weighted by atomic mass is 79.9. The monoisotopic (exact) mass is 1270 g/mol. The lowest BCUT2D eigenvalue weighted by molar-refractivity contribution is 0.122. The molecule has 0 saturated carbocycles. The van der Waals surface area contributed by atoms with Crippen LogP contribution in [-0.2, 0) is 11.2 Å². The van der Waals surface area contributed by atoms with Crippen LogP contribution in [0.25, 0.3) is 20.9 Å². The van der Waals surface area contributed by atoms with Crippen molar-refractivity contribution >= 4 is 54.5 Å². The van der Waals surface area contributed by atoms with Gasteiger partial charge in [-0.2, -0.15) is 0 Å². The summed E-state index contributed by atoms with van der Waals surface area (Å²) < 4.78 is 27.3. The number of aliphatic hydroxyl groups is 2. The molecule has 7 aromatic rings. The van der Waals surface area contributed by atoms with Crippen molar-refractivity contribution in [1.29, 1.82) is 0 Å². The highest BCUT2D eigenvalue weighted by Gasteiger charge is 2.42. The van der Waals surface area contributed by atoms with Crippen molar-refractivity contribution in [1.82, 2.24) is 0 Å². The van der Waals surface area contributed by atoms with Crippen LogP contribution < -0.4 is 18.9 Å². The summed E-state index contributed by atoms with van der Waals surface area (Å²) in [6, 6.07) is 44.5. The van der Waals surface area contributed by atoms with Crippen LogP contribution in [0.15, 0.2) is 141 Å². The van der Waals surface area contributed by atoms with Crippen LogP contribution in [0, 0.1) is 0 Å². The minimum atomic E-state index is -1.73. The van der Waals surface area contributed by atoms with E-state index in [0.717, 1.165) is 103 Å². The lowest BCUT2D eigenvalue weighted by Crippen LogP contribution is -2.32. The highest BCUT2D eigenvalue weighted by Crippen LogP contribution is 2.52. The summed E-state index contributed by atoms with van der Waals surface area (Å²) in [7, 11) is 0. The van der Waals surface area contributed by atoms with E-state index in [1.165, 1.54) is 103 Å². The first-order valence-electron chi connectivity index (χ1n) is 31.2. The lowest BCUT2D eigenvalue weighted by atomic mass is 9.72. The average Bonchev–Trinajstić information content (AvgIpc) is 3.20. The molecule has 0 spiro atoms. The number of benzene rings is 5. The summed E-state index contributed by atoms with van der Waals surface area (Å²) in [5, 5.41) is 28.5. The molecule has 0 radical (unpaired) electrons. The van der Waals surface area contributed by atoms with Gasteiger partial charge in [-0.3, -0.25) is 0 Å². The predicted octanol–water partition coefficient (Wildman–Crippen LogP) is 22.2. The first-order valence-corrected chi connectivity index (χ1v) is 34.4. The van der Waals surface area contributed by atoms with Crippen molar-refractivity contribution in [3.8, 4) is 43.9 Å². The molecular formula is C72H92Br2O6S2. The highest BCUT2D eigenvalue weighted by molar-refractivity contribution is 9.11. The average molecular weight is 1280 g/mol. The smallest absolute Gasteiger partial charge is 0.141 e. The molecule has 0 saturated heterocycles. The Labute approximate surface area is 517 Å². The maximum atomic E-state index is 14.4. The lowest BCUT2D eigenvalue weighted by Gasteiger charge is -2.36. The molecule has 0 unspecified atom stereocenters. The first-order chi connectivity index (χ1) is 40.1. The van der Waals surface area contributed by atoms with Gasteiger partial charge >= 0.3 is 0 Å². The molecule has 2 aromatic heterocycles. The Morgan fingerprint density at radius 3 is 0.829 bits per heavy atom. The van der Waals surface area contributed by atoms with Gasteiger partial charge in [0.05, 0.1) is 34.0 Å². The third-order valence-corrected chi connectivity index (χ3v) is 19.1. The molecule has 2 N–H and O–H groups in total. The van der Waals surface area contributed by atoms with E-state index in [9.17, 15) is 10.2 Å². The summed E-state index contributed by atoms with van der Waals surface area (Å²) in [6.07, 6.45) is 28.5. The van der Waals surface area contributed by atoms with Crippen LogP contribution in [0.4, 0.5) is 0 Å². The molecular weight excluding hydrogens is 1180 g/mol. The molecule has 0 fully saturated rings. The Morgan fingerprint density at radius 2 is 0.573 bits per heavy atom. The van der Waals surface area contributed by atoms with E-state index < -0.39 is 11.2 Å². The van der Waals surface area contributed by atoms with Crippen molar-refractivity contribution < 1.29 is 29.2 Å². The van der Waals surface area contributed by atoms with Gasteiger partial charge < -0.3 is 29.2 Å². The second kappa shape index (κ2) is 35.1. The molecule has 2 heterocycles. The maximum Gasteiger partial charge on any atom is 0.141 e. The molecule has 7 rings (SSSR count). The normalized spacial score (nSPS) is 11.8. The van der Waals surface area contributed by atoms with Crippen molar-refractivity contribution in [2.75, 3.05) is 26.4 Å². The molecule has 442 valence electrons. The number of hydrogen-bond acceptors (Lipinski definition) is 8. The molecule has 0 aliphatic rings. The van der Waals surface area contributed by atoms with Gasteiger partial charge in [0.1, 0.15) is 34.2 Å². The molecule has 5 aromatic carbocycles. The molecule has 0 atom stereocenters. The Bertz CT molecular complexity index is 2690. The summed E-state index contributed by atoms with van der Waals surface area (Å²) in [5.41, 5.74) is 2.26. The number of halogens is 2. The summed E-state index contributed by atoms with van der Waals surface area (Å²) >= 11 is 10.9. The topological polar surface area (TPSA) is 77.4 Å². The second-order valence-electron chi connectivity index (χ2n) is 22.1. The van der Waals surface area contributed by atoms with E-state index in [2.05, 4.69) is 96.0 Å². The van der Waals surface area contributed by atoms with Gasteiger partial charge in [-0.25, -0.2) is 0 Å². The maximum absolute atomic E-state index is 14.4. The third-order valence-electron chi connectivity index (χ3n) is 15.8. The molecule has 0 bridgehead atoms. The minimum absolute atomic E-state index is 0.638. The first kappa shape index (κ1) is 65.1. The van der Waals surface area contributed by atoms with Crippen molar-refractivity contribution in [3.05, 3.63) is 174 Å². The zero-order valence-electron chi connectivity index (χ0n) is 49.6. The van der Waals surface area contributed by atoms with E-state index >= 15 is 0 Å². The molecule has 0 aliphatic carbocycles. The number of thiophene rings is 2. The quantitative estimate of drug-likeness (QED) is 0.0294. The zero-order valence-corrected chi connectivity index (χ0v) is 54.4. The Balaban J connectivity index is 1.36. The molecule has 0 aliphatic heterocycles. The van der Waals surface area contributed by atoms with Gasteiger partial charge in [0, 0.05) is 15.3 Å². The zero-order chi connectivity index (χ0) is 57.8. The number of hydrogen-bond donors (Lipinski definition) is 2. The van der Waals surface area contributed by atoms with Gasteiger partial charge in [-0.15, -0.1) is 22.7 Å². The molecule has 6 nitrogen and oxygen atoms in total. The minimum Gasteiger partial charge on any atom is -0.494 e. The number of ether oxygens (including phenoxy) is 4. The fourth-order valence-electron chi connectivity index (χ4n) is 11.0. The predicted molar refractivity (Wildman–Crippen MR) is 354 cm³/mol. The standard InChI is InChI=1S/C72H92Br2O6S2/c1-5-9-13-17-21-25-49-77-60-37-29-55(30-38-60)71(75,56-31-39-61(40-32-56)78-50-26-22-18-14-10-6-2)59-53-64(66-45-47-68(73)81-66)70(65(54-59)67-46-48-69(74)82-67)72(76,57-33-41-62(42-34-57)79-51-27-23-19-15-11-7-3)58-35-43-63(44-36-58)80-52-28-24-20-16-12-8-4/h29-48,53-54,75-76H,5-28,49-52H2,1-4H3. The second-order valence-corrected chi connectivity index (χ2v) is 27.1. The fourth-order valence-corrected chi connectivity index (χ4v) is 13.8. The van der Waals surface area contributed by atoms with Crippen LogP contribution >= 0.6 is 54.5 Å². The SMILES string of the molecule is CCCCCCCCOc1ccc(C(O)(c2ccc(OCCCCCCCC)cc2)c2cc(-c3ccc(Br)s3)c(C(O)(c3ccc(OCCCCCCCC)cc3)c3ccc(OCCCCCCCC)cc3)c(-c3ccc(Br)s3)c2)cc1. The van der Waals surface area contributed by atoms with E-state index in [1.807, 2.05) is 97.1 Å². The fraction of sp³-hybridized carbons (Fsp3) is 0.472. The third kappa shape index (κ3) is 18.8. The van der Waals surface area contributed by atoms with Gasteiger partial charge in [0.25, 0.3) is 0 Å². The van der Waals surface area contributed by atoms with Gasteiger partial charge in [-0.1, -0.05) is 205 Å². The summed E-state index contributed by atoms with van der Waals surface area (Å²) in [5.74, 6) is 3.07. The molecule has 82 heavy (non-hydrogen) atoms. The largest absolute Gasteiger partial charge is 0.494 e. The Hall–Kier alpha value is -4.42. The molecule has 0 amide bonds. The van der Waals surface area contributed by atoms with Gasteiger partial charge in [0.15, 0.2) is 0 Å². The van der Waals surface area contributed by atoms with Crippen LogP contribution in [-0.4, -0.2) is 36.6 Å². The Morgan fingerprint density at radius 1 is 0.317 bits per heavy atom. The van der Waals surface area contributed by atoms with E-state index in [-0.39, 0.29) is 0 Å². The molecule has 10 heteroatoms. The summed E-state index contributed by atoms with van der Waals surface area (Å²) in [6.45, 7) is 11.5. The number of rotatable bonds is 40. The van der Waals surface area contributed by atoms with Crippen molar-refractivity contribution in [3.63, 3.8) is 0 Å². The van der Waals surface area contributed by atoms with Crippen LogP contribution in [0.2, 0.25) is 0 Å². The van der Waals surface area contributed by atoms with Gasteiger partial charge in [-0.05, 0) is 181 Å². The van der Waals surface area contributed by atoms with E-state index in [0.29, 0.717) is 59.8 Å². The van der Waals surface area contributed by atoms with E-state index in [1.54, 1.807) is 22.7 Å². The van der Waals surface area contributed by atoms with Crippen LogP contribution in [0.3, 0.4) is 0 Å². The van der Waals surface area contributed by atoms with E-state index in [4.69, 9.17) is 18.9 Å². The Kier molecular flexibility index (Phi) is 27.9.